The molecule has 0 aliphatic heterocycles. The Kier molecular flexibility index (Phi) is 3.12. The average Bonchev–Trinajstić information content (AvgIpc) is 3.04. The van der Waals surface area contributed by atoms with Crippen molar-refractivity contribution in [3.8, 4) is 0 Å². The highest BCUT2D eigenvalue weighted by Crippen LogP contribution is 2.38. The van der Waals surface area contributed by atoms with Crippen molar-refractivity contribution >= 4 is 17.4 Å². The molecule has 110 valence electrons. The van der Waals surface area contributed by atoms with E-state index in [1.165, 1.54) is 6.20 Å². The highest BCUT2D eigenvalue weighted by molar-refractivity contribution is 6.00. The number of amides is 1. The standard InChI is InChI=1S/C14H16N4O3/c1-14(13(20)21)4-2-3-11(14)17-12(19)9-7-16-18-6-5-15-8-10(9)18/h5-8,11H,2-4H2,1H3,(H,17,19)(H,20,21). The van der Waals surface area contributed by atoms with Crippen LogP contribution < -0.4 is 5.32 Å². The maximum atomic E-state index is 12.4. The molecular weight excluding hydrogens is 272 g/mol. The Balaban J connectivity index is 1.85. The van der Waals surface area contributed by atoms with Crippen molar-refractivity contribution in [3.63, 3.8) is 0 Å². The molecule has 2 aromatic heterocycles. The Morgan fingerprint density at radius 3 is 3.05 bits per heavy atom. The summed E-state index contributed by atoms with van der Waals surface area (Å²) >= 11 is 0. The number of carbonyl (C=O) groups is 2. The molecule has 7 heteroatoms. The number of carbonyl (C=O) groups excluding carboxylic acids is 1. The Labute approximate surface area is 121 Å². The van der Waals surface area contributed by atoms with Crippen LogP contribution in [0.25, 0.3) is 5.52 Å². The number of carboxylic acids is 1. The van der Waals surface area contributed by atoms with Crippen molar-refractivity contribution in [1.82, 2.24) is 19.9 Å². The van der Waals surface area contributed by atoms with Crippen molar-refractivity contribution < 1.29 is 14.7 Å². The van der Waals surface area contributed by atoms with Gasteiger partial charge >= 0.3 is 5.97 Å². The van der Waals surface area contributed by atoms with Crippen molar-refractivity contribution in [2.24, 2.45) is 5.41 Å². The summed E-state index contributed by atoms with van der Waals surface area (Å²) in [6.07, 6.45) is 8.31. The van der Waals surface area contributed by atoms with Gasteiger partial charge in [-0.15, -0.1) is 0 Å². The van der Waals surface area contributed by atoms with Crippen LogP contribution in [0.2, 0.25) is 0 Å². The van der Waals surface area contributed by atoms with Gasteiger partial charge in [-0.1, -0.05) is 6.42 Å². The average molecular weight is 288 g/mol. The number of nitrogens with one attached hydrogen (secondary N) is 1. The molecule has 2 atom stereocenters. The summed E-state index contributed by atoms with van der Waals surface area (Å²) in [7, 11) is 0. The molecule has 1 aliphatic carbocycles. The number of hydrogen-bond donors (Lipinski definition) is 2. The maximum Gasteiger partial charge on any atom is 0.311 e. The molecule has 1 aliphatic rings. The van der Waals surface area contributed by atoms with Crippen LogP contribution in [0.1, 0.15) is 36.5 Å². The summed E-state index contributed by atoms with van der Waals surface area (Å²) in [4.78, 5) is 27.8. The lowest BCUT2D eigenvalue weighted by Gasteiger charge is -2.27. The molecule has 0 bridgehead atoms. The normalized spacial score (nSPS) is 25.1. The summed E-state index contributed by atoms with van der Waals surface area (Å²) in [5, 5.41) is 16.3. The van der Waals surface area contributed by atoms with Crippen molar-refractivity contribution in [2.75, 3.05) is 0 Å². The molecule has 1 amide bonds. The Morgan fingerprint density at radius 1 is 1.48 bits per heavy atom. The van der Waals surface area contributed by atoms with Gasteiger partial charge in [0.05, 0.1) is 28.9 Å². The molecule has 0 aromatic carbocycles. The molecule has 2 unspecified atom stereocenters. The van der Waals surface area contributed by atoms with Crippen LogP contribution in [-0.4, -0.2) is 37.6 Å². The molecule has 7 nitrogen and oxygen atoms in total. The molecule has 0 saturated heterocycles. The van der Waals surface area contributed by atoms with Gasteiger partial charge in [-0.2, -0.15) is 5.10 Å². The minimum atomic E-state index is -0.906. The Hall–Kier alpha value is -2.44. The van der Waals surface area contributed by atoms with Crippen molar-refractivity contribution in [1.29, 1.82) is 0 Å². The van der Waals surface area contributed by atoms with Gasteiger partial charge in [0.15, 0.2) is 0 Å². The summed E-state index contributed by atoms with van der Waals surface area (Å²) in [6.45, 7) is 1.69. The van der Waals surface area contributed by atoms with Crippen LogP contribution in [0.4, 0.5) is 0 Å². The van der Waals surface area contributed by atoms with E-state index in [0.29, 0.717) is 23.9 Å². The van der Waals surface area contributed by atoms with Gasteiger partial charge in [0, 0.05) is 18.4 Å². The third-order valence-electron chi connectivity index (χ3n) is 4.32. The first-order chi connectivity index (χ1) is 10.0. The Morgan fingerprint density at radius 2 is 2.29 bits per heavy atom. The van der Waals surface area contributed by atoms with Crippen LogP contribution >= 0.6 is 0 Å². The first-order valence-corrected chi connectivity index (χ1v) is 6.84. The van der Waals surface area contributed by atoms with E-state index in [1.54, 1.807) is 30.0 Å². The lowest BCUT2D eigenvalue weighted by molar-refractivity contribution is -0.148. The summed E-state index contributed by atoms with van der Waals surface area (Å²) in [5.74, 6) is -1.18. The van der Waals surface area contributed by atoms with E-state index in [9.17, 15) is 14.7 Å². The van der Waals surface area contributed by atoms with Gasteiger partial charge in [-0.3, -0.25) is 14.6 Å². The minimum Gasteiger partial charge on any atom is -0.481 e. The first kappa shape index (κ1) is 13.5. The van der Waals surface area contributed by atoms with Crippen molar-refractivity contribution in [3.05, 3.63) is 30.4 Å². The number of hydrogen-bond acceptors (Lipinski definition) is 4. The lowest BCUT2D eigenvalue weighted by atomic mass is 9.85. The molecule has 2 aromatic rings. The lowest BCUT2D eigenvalue weighted by Crippen LogP contribution is -2.47. The quantitative estimate of drug-likeness (QED) is 0.881. The van der Waals surface area contributed by atoms with Crippen LogP contribution in [0, 0.1) is 5.41 Å². The summed E-state index contributed by atoms with van der Waals surface area (Å²) in [5.41, 5.74) is 0.101. The number of aliphatic carboxylic acids is 1. The second-order valence-corrected chi connectivity index (χ2v) is 5.61. The predicted molar refractivity (Wildman–Crippen MR) is 73.8 cm³/mol. The van der Waals surface area contributed by atoms with E-state index in [1.807, 2.05) is 0 Å². The molecule has 0 spiro atoms. The Bertz CT molecular complexity index is 711. The van der Waals surface area contributed by atoms with Crippen molar-refractivity contribution in [2.45, 2.75) is 32.2 Å². The predicted octanol–water partition coefficient (Wildman–Crippen LogP) is 1.10. The number of nitrogens with zero attached hydrogens (tertiary/aromatic N) is 3. The molecule has 0 radical (unpaired) electrons. The first-order valence-electron chi connectivity index (χ1n) is 6.84. The third-order valence-corrected chi connectivity index (χ3v) is 4.32. The molecule has 2 heterocycles. The van der Waals surface area contributed by atoms with Gasteiger partial charge in [-0.05, 0) is 19.8 Å². The molecule has 1 saturated carbocycles. The van der Waals surface area contributed by atoms with Crippen LogP contribution in [0.5, 0.6) is 0 Å². The maximum absolute atomic E-state index is 12.4. The van der Waals surface area contributed by atoms with E-state index >= 15 is 0 Å². The zero-order valence-corrected chi connectivity index (χ0v) is 11.6. The van der Waals surface area contributed by atoms with Gasteiger partial charge in [0.1, 0.15) is 0 Å². The van der Waals surface area contributed by atoms with Crippen LogP contribution in [-0.2, 0) is 4.79 Å². The largest absolute Gasteiger partial charge is 0.481 e. The van der Waals surface area contributed by atoms with Gasteiger partial charge in [0.2, 0.25) is 0 Å². The molecule has 1 fully saturated rings. The van der Waals surface area contributed by atoms with E-state index < -0.39 is 11.4 Å². The second-order valence-electron chi connectivity index (χ2n) is 5.61. The summed E-state index contributed by atoms with van der Waals surface area (Å²) in [6, 6.07) is -0.367. The SMILES string of the molecule is CC1(C(=O)O)CCCC1NC(=O)c1cnn2ccncc12. The van der Waals surface area contributed by atoms with Crippen LogP contribution in [0.3, 0.4) is 0 Å². The molecule has 3 rings (SSSR count). The molecule has 2 N–H and O–H groups in total. The summed E-state index contributed by atoms with van der Waals surface area (Å²) < 4.78 is 1.56. The van der Waals surface area contributed by atoms with E-state index in [4.69, 9.17) is 0 Å². The number of rotatable bonds is 3. The van der Waals surface area contributed by atoms with E-state index in [2.05, 4.69) is 15.4 Å². The second kappa shape index (κ2) is 4.83. The number of aromatic nitrogens is 3. The monoisotopic (exact) mass is 288 g/mol. The van der Waals surface area contributed by atoms with E-state index in [-0.39, 0.29) is 11.9 Å². The van der Waals surface area contributed by atoms with Gasteiger partial charge < -0.3 is 10.4 Å². The number of carboxylic acid groups (broad SMARTS) is 1. The fourth-order valence-electron chi connectivity index (χ4n) is 2.90. The molecular formula is C14H16N4O3. The zero-order valence-electron chi connectivity index (χ0n) is 11.6. The van der Waals surface area contributed by atoms with Gasteiger partial charge in [-0.25, -0.2) is 4.52 Å². The topological polar surface area (TPSA) is 96.6 Å². The fraction of sp³-hybridized carbons (Fsp3) is 0.429. The van der Waals surface area contributed by atoms with Crippen LogP contribution in [0.15, 0.2) is 24.8 Å². The number of fused-ring (bicyclic) bond motifs is 1. The smallest absolute Gasteiger partial charge is 0.311 e. The highest BCUT2D eigenvalue weighted by atomic mass is 16.4. The van der Waals surface area contributed by atoms with Gasteiger partial charge in [0.25, 0.3) is 5.91 Å². The minimum absolute atomic E-state index is 0.308. The zero-order chi connectivity index (χ0) is 15.0. The highest BCUT2D eigenvalue weighted by Gasteiger charge is 2.46. The molecule has 21 heavy (non-hydrogen) atoms. The third kappa shape index (κ3) is 2.14. The van der Waals surface area contributed by atoms with E-state index in [0.717, 1.165) is 6.42 Å². The fourth-order valence-corrected chi connectivity index (χ4v) is 2.90.